The van der Waals surface area contributed by atoms with Crippen LogP contribution >= 0.6 is 0 Å². The zero-order valence-electron chi connectivity index (χ0n) is 15.4. The predicted octanol–water partition coefficient (Wildman–Crippen LogP) is 6.58. The van der Waals surface area contributed by atoms with E-state index in [0.29, 0.717) is 24.7 Å². The topological polar surface area (TPSA) is 18.5 Å². The van der Waals surface area contributed by atoms with Crippen LogP contribution in [-0.2, 0) is 6.42 Å². The predicted molar refractivity (Wildman–Crippen MR) is 95.3 cm³/mol. The molecule has 2 aliphatic carbocycles. The molecule has 27 heavy (non-hydrogen) atoms. The molecular weight excluding hydrogens is 360 g/mol. The van der Waals surface area contributed by atoms with E-state index in [1.165, 1.54) is 37.8 Å². The van der Waals surface area contributed by atoms with Gasteiger partial charge in [-0.1, -0.05) is 43.9 Å². The van der Waals surface area contributed by atoms with E-state index < -0.39 is 17.9 Å². The molecule has 0 atom stereocenters. The SMILES string of the molecule is Fc1c(CC/C=C/C2CC2)ccc(OCCC2CCCC2)c1OC(F)(F)F. The molecule has 0 bridgehead atoms. The number of allylic oxidation sites excluding steroid dienone is 2. The molecule has 1 aromatic carbocycles. The summed E-state index contributed by atoms with van der Waals surface area (Å²) < 4.78 is 62.3. The van der Waals surface area contributed by atoms with Gasteiger partial charge in [-0.15, -0.1) is 13.2 Å². The third-order valence-corrected chi connectivity index (χ3v) is 5.23. The highest BCUT2D eigenvalue weighted by molar-refractivity contribution is 5.45. The van der Waals surface area contributed by atoms with Gasteiger partial charge in [0.15, 0.2) is 11.6 Å². The van der Waals surface area contributed by atoms with Crippen LogP contribution in [0.25, 0.3) is 0 Å². The van der Waals surface area contributed by atoms with E-state index >= 15 is 0 Å². The molecule has 6 heteroatoms. The maximum atomic E-state index is 14.7. The molecule has 3 rings (SSSR count). The van der Waals surface area contributed by atoms with Gasteiger partial charge in [0.05, 0.1) is 6.61 Å². The number of hydrogen-bond donors (Lipinski definition) is 0. The molecule has 1 aromatic rings. The van der Waals surface area contributed by atoms with Gasteiger partial charge in [-0.25, -0.2) is 4.39 Å². The van der Waals surface area contributed by atoms with Crippen molar-refractivity contribution in [2.45, 2.75) is 64.1 Å². The lowest BCUT2D eigenvalue weighted by molar-refractivity contribution is -0.276. The van der Waals surface area contributed by atoms with Gasteiger partial charge < -0.3 is 9.47 Å². The molecular formula is C21H26F4O2. The van der Waals surface area contributed by atoms with E-state index in [1.54, 1.807) is 0 Å². The van der Waals surface area contributed by atoms with Crippen molar-refractivity contribution >= 4 is 0 Å². The van der Waals surface area contributed by atoms with Crippen molar-refractivity contribution in [2.75, 3.05) is 6.61 Å². The maximum absolute atomic E-state index is 14.7. The molecule has 2 nitrogen and oxygen atoms in total. The fraction of sp³-hybridized carbons (Fsp3) is 0.619. The summed E-state index contributed by atoms with van der Waals surface area (Å²) in [5.41, 5.74) is 0.206. The van der Waals surface area contributed by atoms with E-state index in [-0.39, 0.29) is 17.9 Å². The lowest BCUT2D eigenvalue weighted by Gasteiger charge is -2.17. The first kappa shape index (κ1) is 20.0. The first-order valence-corrected chi connectivity index (χ1v) is 9.79. The van der Waals surface area contributed by atoms with Gasteiger partial charge in [-0.2, -0.15) is 0 Å². The summed E-state index contributed by atoms with van der Waals surface area (Å²) in [4.78, 5) is 0. The van der Waals surface area contributed by atoms with Crippen LogP contribution in [-0.4, -0.2) is 13.0 Å². The summed E-state index contributed by atoms with van der Waals surface area (Å²) in [5.74, 6) is -0.850. The van der Waals surface area contributed by atoms with E-state index in [2.05, 4.69) is 10.8 Å². The Hall–Kier alpha value is -1.72. The van der Waals surface area contributed by atoms with Gasteiger partial charge in [-0.05, 0) is 55.6 Å². The minimum atomic E-state index is -4.96. The van der Waals surface area contributed by atoms with E-state index in [4.69, 9.17) is 4.74 Å². The van der Waals surface area contributed by atoms with Crippen LogP contribution in [0, 0.1) is 17.7 Å². The van der Waals surface area contributed by atoms with E-state index in [9.17, 15) is 17.6 Å². The fourth-order valence-electron chi connectivity index (χ4n) is 3.55. The molecule has 2 aliphatic rings. The fourth-order valence-corrected chi connectivity index (χ4v) is 3.55. The number of halogens is 4. The molecule has 2 fully saturated rings. The Morgan fingerprint density at radius 2 is 1.81 bits per heavy atom. The van der Waals surface area contributed by atoms with Gasteiger partial charge in [-0.3, -0.25) is 0 Å². The molecule has 0 amide bonds. The van der Waals surface area contributed by atoms with Crippen LogP contribution in [0.1, 0.15) is 56.9 Å². The standard InChI is InChI=1S/C21H26F4O2/c22-19-17(8-4-3-7-16-9-10-16)11-12-18(20(19)27-21(23,24)25)26-14-13-15-5-1-2-6-15/h3,7,11-12,15-16H,1-2,4-6,8-10,13-14H2/b7-3+. The molecule has 0 aliphatic heterocycles. The lowest BCUT2D eigenvalue weighted by atomic mass is 10.1. The second-order valence-electron chi connectivity index (χ2n) is 7.51. The Kier molecular flexibility index (Phi) is 6.66. The van der Waals surface area contributed by atoms with Crippen molar-refractivity contribution in [1.29, 1.82) is 0 Å². The second-order valence-corrected chi connectivity index (χ2v) is 7.51. The Labute approximate surface area is 157 Å². The largest absolute Gasteiger partial charge is 0.573 e. The van der Waals surface area contributed by atoms with Crippen molar-refractivity contribution < 1.29 is 27.0 Å². The summed E-state index contributed by atoms with van der Waals surface area (Å²) in [7, 11) is 0. The van der Waals surface area contributed by atoms with Crippen molar-refractivity contribution in [1.82, 2.24) is 0 Å². The van der Waals surface area contributed by atoms with Crippen molar-refractivity contribution in [3.8, 4) is 11.5 Å². The summed E-state index contributed by atoms with van der Waals surface area (Å²) in [6.45, 7) is 0.266. The number of rotatable bonds is 9. The lowest BCUT2D eigenvalue weighted by Crippen LogP contribution is -2.19. The van der Waals surface area contributed by atoms with Crippen molar-refractivity contribution in [3.63, 3.8) is 0 Å². The second kappa shape index (κ2) is 8.98. The van der Waals surface area contributed by atoms with Crippen molar-refractivity contribution in [2.24, 2.45) is 11.8 Å². The first-order chi connectivity index (χ1) is 12.9. The van der Waals surface area contributed by atoms with Crippen LogP contribution < -0.4 is 9.47 Å². The number of alkyl halides is 3. The zero-order valence-corrected chi connectivity index (χ0v) is 15.4. The monoisotopic (exact) mass is 386 g/mol. The molecule has 0 spiro atoms. The third-order valence-electron chi connectivity index (χ3n) is 5.23. The van der Waals surface area contributed by atoms with Gasteiger partial charge in [0.2, 0.25) is 5.75 Å². The maximum Gasteiger partial charge on any atom is 0.573 e. The van der Waals surface area contributed by atoms with Crippen LogP contribution in [0.5, 0.6) is 11.5 Å². The minimum Gasteiger partial charge on any atom is -0.490 e. The van der Waals surface area contributed by atoms with Crippen LogP contribution in [0.15, 0.2) is 24.3 Å². The Morgan fingerprint density at radius 1 is 1.07 bits per heavy atom. The smallest absolute Gasteiger partial charge is 0.490 e. The summed E-state index contributed by atoms with van der Waals surface area (Å²) >= 11 is 0. The number of benzene rings is 1. The molecule has 0 N–H and O–H groups in total. The third kappa shape index (κ3) is 6.43. The number of aryl methyl sites for hydroxylation is 1. The van der Waals surface area contributed by atoms with Gasteiger partial charge in [0, 0.05) is 0 Å². The Bertz CT molecular complexity index is 644. The normalized spacial score (nSPS) is 18.4. The average Bonchev–Trinajstić information content (AvgIpc) is 3.28. The van der Waals surface area contributed by atoms with Crippen molar-refractivity contribution in [3.05, 3.63) is 35.7 Å². The highest BCUT2D eigenvalue weighted by Gasteiger charge is 2.35. The van der Waals surface area contributed by atoms with Gasteiger partial charge in [0.25, 0.3) is 0 Å². The Morgan fingerprint density at radius 3 is 2.48 bits per heavy atom. The molecule has 0 unspecified atom stereocenters. The van der Waals surface area contributed by atoms with E-state index in [1.807, 2.05) is 6.08 Å². The number of hydrogen-bond acceptors (Lipinski definition) is 2. The molecule has 0 saturated heterocycles. The highest BCUT2D eigenvalue weighted by Crippen LogP contribution is 2.38. The molecule has 2 saturated carbocycles. The summed E-state index contributed by atoms with van der Waals surface area (Å²) in [5, 5.41) is 0. The van der Waals surface area contributed by atoms with Gasteiger partial charge >= 0.3 is 6.36 Å². The molecule has 0 heterocycles. The quantitative estimate of drug-likeness (QED) is 0.352. The van der Waals surface area contributed by atoms with E-state index in [0.717, 1.165) is 19.3 Å². The summed E-state index contributed by atoms with van der Waals surface area (Å²) in [6, 6.07) is 2.88. The molecule has 0 radical (unpaired) electrons. The minimum absolute atomic E-state index is 0.180. The molecule has 150 valence electrons. The number of ether oxygens (including phenoxy) is 2. The summed E-state index contributed by atoms with van der Waals surface area (Å²) in [6.07, 6.45) is 7.74. The molecule has 0 aromatic heterocycles. The van der Waals surface area contributed by atoms with Crippen LogP contribution in [0.3, 0.4) is 0 Å². The first-order valence-electron chi connectivity index (χ1n) is 9.79. The average molecular weight is 386 g/mol. The van der Waals surface area contributed by atoms with Crippen LogP contribution in [0.4, 0.5) is 17.6 Å². The Balaban J connectivity index is 1.65. The zero-order chi connectivity index (χ0) is 19.3. The van der Waals surface area contributed by atoms with Crippen LogP contribution in [0.2, 0.25) is 0 Å². The highest BCUT2D eigenvalue weighted by atomic mass is 19.4. The van der Waals surface area contributed by atoms with Gasteiger partial charge in [0.1, 0.15) is 0 Å².